The highest BCUT2D eigenvalue weighted by Gasteiger charge is 2.41. The number of nitrogens with one attached hydrogen (secondary N) is 1. The fourth-order valence-corrected chi connectivity index (χ4v) is 4.18. The molecule has 0 spiro atoms. The molecule has 29 heavy (non-hydrogen) atoms. The molecule has 1 saturated heterocycles. The Morgan fingerprint density at radius 1 is 0.931 bits per heavy atom. The number of hydrogen-bond acceptors (Lipinski definition) is 4. The highest BCUT2D eigenvalue weighted by Crippen LogP contribution is 2.39. The molecule has 0 saturated carbocycles. The van der Waals surface area contributed by atoms with Gasteiger partial charge in [0.05, 0.1) is 43.4 Å². The van der Waals surface area contributed by atoms with Gasteiger partial charge in [0.25, 0.3) is 0 Å². The molecular formula is C22H20N4O2S. The zero-order chi connectivity index (χ0) is 19.6. The second-order valence-electron chi connectivity index (χ2n) is 6.97. The number of hydrogen-bond donors (Lipinski definition) is 1. The van der Waals surface area contributed by atoms with Gasteiger partial charge in [-0.05, 0) is 60.7 Å². The number of nitrogens with zero attached hydrogens (tertiary/aromatic N) is 3. The molecule has 0 bridgehead atoms. The number of pyridine rings is 1. The van der Waals surface area contributed by atoms with Crippen molar-refractivity contribution in [1.29, 1.82) is 0 Å². The van der Waals surface area contributed by atoms with Gasteiger partial charge in [0.2, 0.25) is 0 Å². The maximum Gasteiger partial charge on any atom is 0.170 e. The van der Waals surface area contributed by atoms with Crippen molar-refractivity contribution in [3.63, 3.8) is 0 Å². The zero-order valence-corrected chi connectivity index (χ0v) is 16.5. The largest absolute Gasteiger partial charge is 0.467 e. The maximum absolute atomic E-state index is 5.72. The van der Waals surface area contributed by atoms with Crippen molar-refractivity contribution in [1.82, 2.24) is 19.8 Å². The van der Waals surface area contributed by atoms with E-state index in [1.807, 2.05) is 48.7 Å². The van der Waals surface area contributed by atoms with Crippen LogP contribution in [0, 0.1) is 0 Å². The molecule has 1 aliphatic heterocycles. The van der Waals surface area contributed by atoms with Crippen molar-refractivity contribution < 1.29 is 8.83 Å². The van der Waals surface area contributed by atoms with Gasteiger partial charge < -0.3 is 23.6 Å². The first-order chi connectivity index (χ1) is 14.3. The average molecular weight is 404 g/mol. The van der Waals surface area contributed by atoms with Crippen LogP contribution in [0.1, 0.15) is 35.0 Å². The third kappa shape index (κ3) is 3.45. The molecule has 1 N–H and O–H groups in total. The summed E-state index contributed by atoms with van der Waals surface area (Å²) in [7, 11) is 0. The summed E-state index contributed by atoms with van der Waals surface area (Å²) in [6.07, 6.45) is 7.27. The van der Waals surface area contributed by atoms with Crippen molar-refractivity contribution in [2.75, 3.05) is 0 Å². The third-order valence-corrected chi connectivity index (χ3v) is 5.53. The van der Waals surface area contributed by atoms with Crippen molar-refractivity contribution >= 4 is 17.3 Å². The Labute approximate surface area is 173 Å². The summed E-state index contributed by atoms with van der Waals surface area (Å²) in [4.78, 5) is 6.76. The van der Waals surface area contributed by atoms with Gasteiger partial charge in [0.1, 0.15) is 11.5 Å². The molecule has 1 aliphatic rings. The fraction of sp³-hybridized carbons (Fsp3) is 0.182. The highest BCUT2D eigenvalue weighted by atomic mass is 32.1. The van der Waals surface area contributed by atoms with Gasteiger partial charge in [-0.1, -0.05) is 6.07 Å². The van der Waals surface area contributed by atoms with Gasteiger partial charge in [-0.2, -0.15) is 0 Å². The first-order valence-electron chi connectivity index (χ1n) is 9.47. The Morgan fingerprint density at radius 3 is 2.41 bits per heavy atom. The molecule has 0 aliphatic carbocycles. The summed E-state index contributed by atoms with van der Waals surface area (Å²) in [6.45, 7) is 1.24. The van der Waals surface area contributed by atoms with Gasteiger partial charge in [0.15, 0.2) is 5.11 Å². The summed E-state index contributed by atoms with van der Waals surface area (Å²) in [5.41, 5.74) is 2.09. The van der Waals surface area contributed by atoms with Crippen LogP contribution in [0.3, 0.4) is 0 Å². The third-order valence-electron chi connectivity index (χ3n) is 5.18. The normalized spacial score (nSPS) is 18.9. The molecule has 0 radical (unpaired) electrons. The molecule has 4 aromatic heterocycles. The van der Waals surface area contributed by atoms with E-state index in [2.05, 4.69) is 38.1 Å². The average Bonchev–Trinajstić information content (AvgIpc) is 3.53. The maximum atomic E-state index is 5.72. The summed E-state index contributed by atoms with van der Waals surface area (Å²) >= 11 is 5.72. The Hall–Kier alpha value is -3.32. The topological polar surface area (TPSA) is 59.4 Å². The lowest BCUT2D eigenvalue weighted by Crippen LogP contribution is -2.30. The van der Waals surface area contributed by atoms with E-state index in [1.165, 1.54) is 0 Å². The zero-order valence-electron chi connectivity index (χ0n) is 15.6. The van der Waals surface area contributed by atoms with E-state index >= 15 is 0 Å². The lowest BCUT2D eigenvalue weighted by atomic mass is 10.0. The molecule has 4 aromatic rings. The number of aromatic nitrogens is 2. The second kappa shape index (κ2) is 7.60. The Kier molecular flexibility index (Phi) is 4.65. The first-order valence-corrected chi connectivity index (χ1v) is 9.88. The smallest absolute Gasteiger partial charge is 0.170 e. The summed E-state index contributed by atoms with van der Waals surface area (Å²) in [5, 5.41) is 4.16. The van der Waals surface area contributed by atoms with Crippen molar-refractivity contribution in [2.24, 2.45) is 0 Å². The van der Waals surface area contributed by atoms with E-state index in [1.54, 1.807) is 12.5 Å². The predicted octanol–water partition coefficient (Wildman–Crippen LogP) is 4.29. The van der Waals surface area contributed by atoms with E-state index in [0.29, 0.717) is 18.2 Å². The molecule has 0 amide bonds. The van der Waals surface area contributed by atoms with Crippen LogP contribution in [0.5, 0.6) is 0 Å². The quantitative estimate of drug-likeness (QED) is 0.484. The minimum absolute atomic E-state index is 0.0348. The van der Waals surface area contributed by atoms with Gasteiger partial charge >= 0.3 is 0 Å². The summed E-state index contributed by atoms with van der Waals surface area (Å²) < 4.78 is 13.4. The van der Waals surface area contributed by atoms with Crippen LogP contribution in [0.2, 0.25) is 0 Å². The highest BCUT2D eigenvalue weighted by molar-refractivity contribution is 7.80. The Balaban J connectivity index is 1.55. The molecular weight excluding hydrogens is 384 g/mol. The Morgan fingerprint density at radius 2 is 1.72 bits per heavy atom. The number of thiocarbonyl (C=S) groups is 1. The van der Waals surface area contributed by atoms with E-state index in [9.17, 15) is 0 Å². The van der Waals surface area contributed by atoms with E-state index in [4.69, 9.17) is 21.1 Å². The molecule has 5 rings (SSSR count). The van der Waals surface area contributed by atoms with E-state index in [-0.39, 0.29) is 12.1 Å². The molecule has 6 nitrogen and oxygen atoms in total. The van der Waals surface area contributed by atoms with Crippen LogP contribution < -0.4 is 5.32 Å². The predicted molar refractivity (Wildman–Crippen MR) is 112 cm³/mol. The van der Waals surface area contributed by atoms with E-state index < -0.39 is 0 Å². The SMILES string of the molecule is S=C1N[C@@H](c2ccccn2)[C@H](c2cccn2Cc2ccco2)N1Cc1ccco1. The van der Waals surface area contributed by atoms with Crippen LogP contribution in [-0.2, 0) is 13.1 Å². The number of rotatable bonds is 6. The van der Waals surface area contributed by atoms with Gasteiger partial charge in [-0.15, -0.1) is 0 Å². The number of furan rings is 2. The molecule has 0 unspecified atom stereocenters. The van der Waals surface area contributed by atoms with Gasteiger partial charge in [-0.3, -0.25) is 4.98 Å². The second-order valence-corrected chi connectivity index (χ2v) is 7.36. The van der Waals surface area contributed by atoms with Crippen molar-refractivity contribution in [3.8, 4) is 0 Å². The van der Waals surface area contributed by atoms with Crippen LogP contribution in [0.4, 0.5) is 0 Å². The monoisotopic (exact) mass is 404 g/mol. The first kappa shape index (κ1) is 17.8. The van der Waals surface area contributed by atoms with Crippen LogP contribution in [0.15, 0.2) is 88.4 Å². The molecule has 5 heterocycles. The molecule has 2 atom stereocenters. The minimum Gasteiger partial charge on any atom is -0.467 e. The lowest BCUT2D eigenvalue weighted by molar-refractivity contribution is 0.276. The lowest BCUT2D eigenvalue weighted by Gasteiger charge is -2.28. The molecule has 0 aromatic carbocycles. The van der Waals surface area contributed by atoms with Crippen LogP contribution in [0.25, 0.3) is 0 Å². The summed E-state index contributed by atoms with van der Waals surface area (Å²) in [6, 6.07) is 17.8. The Bertz CT molecular complexity index is 1070. The van der Waals surface area contributed by atoms with Crippen molar-refractivity contribution in [3.05, 3.63) is 102 Å². The van der Waals surface area contributed by atoms with Crippen molar-refractivity contribution in [2.45, 2.75) is 25.2 Å². The molecule has 146 valence electrons. The fourth-order valence-electron chi connectivity index (χ4n) is 3.88. The van der Waals surface area contributed by atoms with E-state index in [0.717, 1.165) is 22.9 Å². The van der Waals surface area contributed by atoms with Gasteiger partial charge in [-0.25, -0.2) is 0 Å². The summed E-state index contributed by atoms with van der Waals surface area (Å²) in [5.74, 6) is 1.77. The molecule has 7 heteroatoms. The minimum atomic E-state index is -0.0658. The van der Waals surface area contributed by atoms with Gasteiger partial charge in [0, 0.05) is 18.1 Å². The van der Waals surface area contributed by atoms with Crippen LogP contribution in [-0.4, -0.2) is 19.6 Å². The standard InChI is InChI=1S/C22H20N4O2S/c29-22-24-20(18-8-1-2-10-23-18)21(26(22)15-17-7-5-13-28-17)19-9-3-11-25(19)14-16-6-4-12-27-16/h1-13,20-21H,14-15H2,(H,24,29)/t20-,21-/m0/s1. The van der Waals surface area contributed by atoms with Crippen LogP contribution >= 0.6 is 12.2 Å². The molecule has 1 fully saturated rings.